The van der Waals surface area contributed by atoms with E-state index < -0.39 is 11.9 Å². The molecule has 39 heavy (non-hydrogen) atoms. The van der Waals surface area contributed by atoms with Crippen molar-refractivity contribution < 1.29 is 23.5 Å². The van der Waals surface area contributed by atoms with Crippen molar-refractivity contribution in [1.82, 2.24) is 10.2 Å². The maximum atomic E-state index is 15.0. The maximum Gasteiger partial charge on any atom is 0.261 e. The third-order valence-electron chi connectivity index (χ3n) is 6.88. The Labute approximate surface area is 237 Å². The predicted molar refractivity (Wildman–Crippen MR) is 152 cm³/mol. The standard InChI is InChI=1S/C28H36ClFN4O4S/c1-28(2,3)17-33(15-18-5-4-6-18)22(14-31-27(37)23-9-10-24(29)39-23)26(36)32-19-7-8-21(20(30)13-19)34-11-12-38-16-25(34)35/h7-10,13,18,22H,4-6,11-12,14-17H2,1-3H3,(H,31,37)(H,32,36)/t22-/m1/s1. The number of halogens is 2. The van der Waals surface area contributed by atoms with Crippen LogP contribution in [0.15, 0.2) is 30.3 Å². The van der Waals surface area contributed by atoms with Gasteiger partial charge < -0.3 is 20.3 Å². The lowest BCUT2D eigenvalue weighted by molar-refractivity contribution is -0.125. The monoisotopic (exact) mass is 578 g/mol. The Morgan fingerprint density at radius 2 is 2.03 bits per heavy atom. The average molecular weight is 579 g/mol. The number of anilines is 2. The molecule has 0 spiro atoms. The highest BCUT2D eigenvalue weighted by molar-refractivity contribution is 7.18. The van der Waals surface area contributed by atoms with E-state index in [0.29, 0.717) is 28.3 Å². The minimum atomic E-state index is -0.673. The summed E-state index contributed by atoms with van der Waals surface area (Å²) in [7, 11) is 0. The highest BCUT2D eigenvalue weighted by Crippen LogP contribution is 2.30. The Hall–Kier alpha value is -2.53. The number of nitrogens with zero attached hydrogens (tertiary/aromatic N) is 2. The molecule has 0 unspecified atom stereocenters. The smallest absolute Gasteiger partial charge is 0.261 e. The maximum absolute atomic E-state index is 15.0. The molecule has 2 aliphatic rings. The molecule has 2 fully saturated rings. The van der Waals surface area contributed by atoms with Crippen LogP contribution in [0.2, 0.25) is 4.34 Å². The van der Waals surface area contributed by atoms with Crippen molar-refractivity contribution in [2.75, 3.05) is 49.6 Å². The summed E-state index contributed by atoms with van der Waals surface area (Å²) in [6.07, 6.45) is 3.40. The van der Waals surface area contributed by atoms with Crippen molar-refractivity contribution in [2.24, 2.45) is 11.3 Å². The van der Waals surface area contributed by atoms with Gasteiger partial charge in [-0.1, -0.05) is 38.8 Å². The molecule has 0 radical (unpaired) electrons. The SMILES string of the molecule is CC(C)(C)CN(CC1CCC1)[C@H](CNC(=O)c1ccc(Cl)s1)C(=O)Nc1ccc(N2CCOCC2=O)c(F)c1. The first-order valence-corrected chi connectivity index (χ1v) is 14.5. The van der Waals surface area contributed by atoms with Gasteiger partial charge in [-0.15, -0.1) is 11.3 Å². The summed E-state index contributed by atoms with van der Waals surface area (Å²) >= 11 is 7.18. The quantitative estimate of drug-likeness (QED) is 0.423. The lowest BCUT2D eigenvalue weighted by atomic mass is 9.84. The average Bonchev–Trinajstić information content (AvgIpc) is 3.27. The van der Waals surface area contributed by atoms with E-state index in [1.165, 1.54) is 34.8 Å². The molecular weight excluding hydrogens is 543 g/mol. The fraction of sp³-hybridized carbons (Fsp3) is 0.536. The number of benzene rings is 1. The van der Waals surface area contributed by atoms with Gasteiger partial charge in [-0.2, -0.15) is 0 Å². The normalized spacial score (nSPS) is 17.2. The molecule has 8 nitrogen and oxygen atoms in total. The molecule has 1 aromatic carbocycles. The fourth-order valence-corrected chi connectivity index (χ4v) is 5.78. The first-order valence-electron chi connectivity index (χ1n) is 13.3. The van der Waals surface area contributed by atoms with Crippen molar-refractivity contribution in [3.05, 3.63) is 45.4 Å². The minimum Gasteiger partial charge on any atom is -0.370 e. The van der Waals surface area contributed by atoms with Gasteiger partial charge in [0.15, 0.2) is 0 Å². The van der Waals surface area contributed by atoms with Gasteiger partial charge >= 0.3 is 0 Å². The third kappa shape index (κ3) is 8.00. The molecule has 2 N–H and O–H groups in total. The summed E-state index contributed by atoms with van der Waals surface area (Å²) in [5, 5.41) is 5.75. The highest BCUT2D eigenvalue weighted by Gasteiger charge is 2.33. The van der Waals surface area contributed by atoms with E-state index in [9.17, 15) is 14.4 Å². The molecule has 1 aliphatic heterocycles. The molecule has 1 aliphatic carbocycles. The number of hydrogen-bond acceptors (Lipinski definition) is 6. The van der Waals surface area contributed by atoms with Gasteiger partial charge in [-0.05, 0) is 54.5 Å². The van der Waals surface area contributed by atoms with E-state index in [1.54, 1.807) is 18.2 Å². The molecule has 2 aromatic rings. The van der Waals surface area contributed by atoms with Crippen LogP contribution in [0.5, 0.6) is 0 Å². The van der Waals surface area contributed by atoms with Crippen LogP contribution in [-0.4, -0.2) is 68.1 Å². The Morgan fingerprint density at radius 1 is 1.26 bits per heavy atom. The van der Waals surface area contributed by atoms with Crippen LogP contribution in [0.1, 0.15) is 49.7 Å². The summed E-state index contributed by atoms with van der Waals surface area (Å²) in [4.78, 5) is 42.6. The van der Waals surface area contributed by atoms with E-state index in [-0.39, 0.29) is 54.2 Å². The van der Waals surface area contributed by atoms with Crippen LogP contribution >= 0.6 is 22.9 Å². The Morgan fingerprint density at radius 3 is 2.62 bits per heavy atom. The van der Waals surface area contributed by atoms with Gasteiger partial charge in [-0.3, -0.25) is 19.3 Å². The summed E-state index contributed by atoms with van der Waals surface area (Å²) in [6.45, 7) is 8.33. The van der Waals surface area contributed by atoms with Crippen molar-refractivity contribution >= 4 is 52.0 Å². The zero-order valence-electron chi connectivity index (χ0n) is 22.6. The molecule has 1 atom stereocenters. The Kier molecular flexibility index (Phi) is 9.64. The summed E-state index contributed by atoms with van der Waals surface area (Å²) in [6, 6.07) is 6.94. The van der Waals surface area contributed by atoms with Gasteiger partial charge in [0.25, 0.3) is 11.8 Å². The molecule has 1 aromatic heterocycles. The molecule has 2 heterocycles. The van der Waals surface area contributed by atoms with E-state index in [0.717, 1.165) is 19.4 Å². The molecule has 4 rings (SSSR count). The van der Waals surface area contributed by atoms with Crippen molar-refractivity contribution in [1.29, 1.82) is 0 Å². The first-order chi connectivity index (χ1) is 18.5. The number of ether oxygens (including phenoxy) is 1. The number of morpholine rings is 1. The van der Waals surface area contributed by atoms with Crippen LogP contribution in [0, 0.1) is 17.2 Å². The highest BCUT2D eigenvalue weighted by atomic mass is 35.5. The van der Waals surface area contributed by atoms with E-state index in [4.69, 9.17) is 16.3 Å². The zero-order valence-corrected chi connectivity index (χ0v) is 24.2. The van der Waals surface area contributed by atoms with Crippen LogP contribution in [0.3, 0.4) is 0 Å². The second kappa shape index (κ2) is 12.8. The number of hydrogen-bond donors (Lipinski definition) is 2. The zero-order chi connectivity index (χ0) is 28.2. The minimum absolute atomic E-state index is 0.0891. The first kappa shape index (κ1) is 29.5. The van der Waals surface area contributed by atoms with Gasteiger partial charge in [0.05, 0.1) is 21.5 Å². The second-order valence-electron chi connectivity index (χ2n) is 11.4. The van der Waals surface area contributed by atoms with E-state index in [2.05, 4.69) is 36.3 Å². The number of thiophene rings is 1. The molecule has 3 amide bonds. The van der Waals surface area contributed by atoms with Crippen molar-refractivity contribution in [2.45, 2.75) is 46.1 Å². The largest absolute Gasteiger partial charge is 0.370 e. The van der Waals surface area contributed by atoms with Gasteiger partial charge in [0.2, 0.25) is 5.91 Å². The van der Waals surface area contributed by atoms with Crippen LogP contribution < -0.4 is 15.5 Å². The summed E-state index contributed by atoms with van der Waals surface area (Å²) in [5.74, 6) is -1.05. The lowest BCUT2D eigenvalue weighted by Gasteiger charge is -2.40. The van der Waals surface area contributed by atoms with E-state index in [1.807, 2.05) is 0 Å². The summed E-state index contributed by atoms with van der Waals surface area (Å²) < 4.78 is 20.7. The van der Waals surface area contributed by atoms with Crippen LogP contribution in [0.4, 0.5) is 15.8 Å². The predicted octanol–water partition coefficient (Wildman–Crippen LogP) is 4.79. The van der Waals surface area contributed by atoms with Gasteiger partial charge in [0, 0.05) is 31.9 Å². The van der Waals surface area contributed by atoms with E-state index >= 15 is 4.39 Å². The van der Waals surface area contributed by atoms with Gasteiger partial charge in [0.1, 0.15) is 18.5 Å². The van der Waals surface area contributed by atoms with Gasteiger partial charge in [-0.25, -0.2) is 4.39 Å². The van der Waals surface area contributed by atoms with Crippen molar-refractivity contribution in [3.8, 4) is 0 Å². The number of nitrogens with one attached hydrogen (secondary N) is 2. The molecule has 0 bridgehead atoms. The Bertz CT molecular complexity index is 1200. The second-order valence-corrected chi connectivity index (χ2v) is 13.1. The molecule has 1 saturated carbocycles. The fourth-order valence-electron chi connectivity index (χ4n) is 4.82. The number of carbonyl (C=O) groups is 3. The molecular formula is C28H36ClFN4O4S. The number of carbonyl (C=O) groups excluding carboxylic acids is 3. The van der Waals surface area contributed by atoms with Crippen molar-refractivity contribution in [3.63, 3.8) is 0 Å². The number of rotatable bonds is 10. The number of amides is 3. The summed E-state index contributed by atoms with van der Waals surface area (Å²) in [5.41, 5.74) is 0.341. The van der Waals surface area contributed by atoms with Crippen LogP contribution in [-0.2, 0) is 14.3 Å². The molecule has 212 valence electrons. The Balaban J connectivity index is 1.53. The molecule has 11 heteroatoms. The topological polar surface area (TPSA) is 91.0 Å². The lowest BCUT2D eigenvalue weighted by Crippen LogP contribution is -2.54. The molecule has 1 saturated heterocycles. The third-order valence-corrected chi connectivity index (χ3v) is 8.11. The van der Waals surface area contributed by atoms with Crippen LogP contribution in [0.25, 0.3) is 0 Å².